The van der Waals surface area contributed by atoms with Crippen LogP contribution < -0.4 is 5.32 Å². The van der Waals surface area contributed by atoms with E-state index in [1.807, 2.05) is 7.05 Å². The SMILES string of the molecule is CNCc1cscc1Br. The maximum absolute atomic E-state index is 3.44. The normalized spacial score (nSPS) is 10.0. The molecule has 1 rings (SSSR count). The molecule has 0 atom stereocenters. The van der Waals surface area contributed by atoms with Crippen LogP contribution in [-0.4, -0.2) is 7.05 Å². The lowest BCUT2D eigenvalue weighted by Gasteiger charge is -1.93. The summed E-state index contributed by atoms with van der Waals surface area (Å²) in [5.41, 5.74) is 1.34. The van der Waals surface area contributed by atoms with Crippen LogP contribution in [0.5, 0.6) is 0 Å². The molecule has 0 saturated carbocycles. The van der Waals surface area contributed by atoms with Crippen molar-refractivity contribution in [2.24, 2.45) is 0 Å². The van der Waals surface area contributed by atoms with Crippen LogP contribution in [0.4, 0.5) is 0 Å². The molecule has 0 aliphatic carbocycles. The molecule has 1 aromatic heterocycles. The van der Waals surface area contributed by atoms with E-state index in [1.54, 1.807) is 11.3 Å². The van der Waals surface area contributed by atoms with E-state index >= 15 is 0 Å². The first-order chi connectivity index (χ1) is 4.34. The zero-order valence-electron chi connectivity index (χ0n) is 5.15. The summed E-state index contributed by atoms with van der Waals surface area (Å²) in [7, 11) is 1.95. The number of hydrogen-bond donors (Lipinski definition) is 1. The Morgan fingerprint density at radius 3 is 2.89 bits per heavy atom. The number of rotatable bonds is 2. The van der Waals surface area contributed by atoms with Gasteiger partial charge >= 0.3 is 0 Å². The summed E-state index contributed by atoms with van der Waals surface area (Å²) in [4.78, 5) is 0. The van der Waals surface area contributed by atoms with Gasteiger partial charge in [0.1, 0.15) is 0 Å². The Balaban J connectivity index is 2.69. The van der Waals surface area contributed by atoms with Gasteiger partial charge in [-0.25, -0.2) is 0 Å². The highest BCUT2D eigenvalue weighted by molar-refractivity contribution is 9.10. The maximum atomic E-state index is 3.44. The van der Waals surface area contributed by atoms with Gasteiger partial charge in [0.05, 0.1) is 0 Å². The molecular weight excluding hydrogens is 198 g/mol. The van der Waals surface area contributed by atoms with Crippen molar-refractivity contribution in [1.29, 1.82) is 0 Å². The minimum atomic E-state index is 0.948. The third-order valence-electron chi connectivity index (χ3n) is 1.06. The van der Waals surface area contributed by atoms with Gasteiger partial charge in [0.25, 0.3) is 0 Å². The number of hydrogen-bond acceptors (Lipinski definition) is 2. The van der Waals surface area contributed by atoms with Gasteiger partial charge in [0, 0.05) is 16.4 Å². The van der Waals surface area contributed by atoms with E-state index in [-0.39, 0.29) is 0 Å². The highest BCUT2D eigenvalue weighted by Crippen LogP contribution is 2.20. The first-order valence-electron chi connectivity index (χ1n) is 2.69. The molecule has 1 N–H and O–H groups in total. The standard InChI is InChI=1S/C6H8BrNS/c1-8-2-5-3-9-4-6(5)7/h3-4,8H,2H2,1H3. The van der Waals surface area contributed by atoms with Crippen molar-refractivity contribution in [2.75, 3.05) is 7.05 Å². The fraction of sp³-hybridized carbons (Fsp3) is 0.333. The molecule has 0 saturated heterocycles. The molecule has 0 unspecified atom stereocenters. The van der Waals surface area contributed by atoms with E-state index in [1.165, 1.54) is 10.0 Å². The molecule has 0 radical (unpaired) electrons. The fourth-order valence-corrected chi connectivity index (χ4v) is 2.07. The highest BCUT2D eigenvalue weighted by Gasteiger charge is 1.96. The van der Waals surface area contributed by atoms with Crippen LogP contribution in [0.3, 0.4) is 0 Å². The molecule has 1 aromatic rings. The Morgan fingerprint density at radius 1 is 1.67 bits per heavy atom. The van der Waals surface area contributed by atoms with Gasteiger partial charge in [-0.3, -0.25) is 0 Å². The topological polar surface area (TPSA) is 12.0 Å². The zero-order valence-corrected chi connectivity index (χ0v) is 7.55. The summed E-state index contributed by atoms with van der Waals surface area (Å²) < 4.78 is 1.21. The van der Waals surface area contributed by atoms with Crippen molar-refractivity contribution >= 4 is 27.3 Å². The minimum absolute atomic E-state index is 0.948. The lowest BCUT2D eigenvalue weighted by molar-refractivity contribution is 0.818. The lowest BCUT2D eigenvalue weighted by atomic mass is 10.3. The summed E-state index contributed by atoms with van der Waals surface area (Å²) in [6.45, 7) is 0.948. The van der Waals surface area contributed by atoms with Crippen LogP contribution in [0.15, 0.2) is 15.2 Å². The Morgan fingerprint density at radius 2 is 2.44 bits per heavy atom. The van der Waals surface area contributed by atoms with E-state index in [0.717, 1.165) is 6.54 Å². The van der Waals surface area contributed by atoms with Gasteiger partial charge in [-0.2, -0.15) is 11.3 Å². The van der Waals surface area contributed by atoms with Gasteiger partial charge in [0.2, 0.25) is 0 Å². The predicted molar refractivity (Wildman–Crippen MR) is 44.8 cm³/mol. The first kappa shape index (κ1) is 7.25. The molecule has 1 heterocycles. The number of nitrogens with one attached hydrogen (secondary N) is 1. The Bertz CT molecular complexity index is 185. The molecule has 9 heavy (non-hydrogen) atoms. The first-order valence-corrected chi connectivity index (χ1v) is 4.43. The van der Waals surface area contributed by atoms with Crippen molar-refractivity contribution in [3.05, 3.63) is 20.8 Å². The van der Waals surface area contributed by atoms with E-state index in [0.29, 0.717) is 0 Å². The molecule has 50 valence electrons. The third-order valence-corrected chi connectivity index (χ3v) is 2.89. The van der Waals surface area contributed by atoms with E-state index in [9.17, 15) is 0 Å². The largest absolute Gasteiger partial charge is 0.316 e. The summed E-state index contributed by atoms with van der Waals surface area (Å²) >= 11 is 5.16. The Hall–Kier alpha value is 0.140. The molecule has 0 aliphatic rings. The molecule has 0 amide bonds. The molecule has 1 nitrogen and oxygen atoms in total. The Kier molecular flexibility index (Phi) is 2.69. The minimum Gasteiger partial charge on any atom is -0.316 e. The van der Waals surface area contributed by atoms with Gasteiger partial charge in [-0.05, 0) is 33.9 Å². The predicted octanol–water partition coefficient (Wildman–Crippen LogP) is 2.23. The van der Waals surface area contributed by atoms with Crippen molar-refractivity contribution in [1.82, 2.24) is 5.32 Å². The van der Waals surface area contributed by atoms with Gasteiger partial charge in [0.15, 0.2) is 0 Å². The van der Waals surface area contributed by atoms with Crippen LogP contribution in [0.2, 0.25) is 0 Å². The monoisotopic (exact) mass is 205 g/mol. The van der Waals surface area contributed by atoms with E-state index in [4.69, 9.17) is 0 Å². The second-order valence-electron chi connectivity index (χ2n) is 1.78. The summed E-state index contributed by atoms with van der Waals surface area (Å²) in [6, 6.07) is 0. The van der Waals surface area contributed by atoms with Gasteiger partial charge in [-0.15, -0.1) is 0 Å². The van der Waals surface area contributed by atoms with E-state index < -0.39 is 0 Å². The molecule has 0 bridgehead atoms. The molecule has 0 spiro atoms. The zero-order chi connectivity index (χ0) is 6.69. The molecule has 0 aliphatic heterocycles. The van der Waals surface area contributed by atoms with Crippen molar-refractivity contribution < 1.29 is 0 Å². The average molecular weight is 206 g/mol. The van der Waals surface area contributed by atoms with Crippen molar-refractivity contribution in [2.45, 2.75) is 6.54 Å². The number of thiophene rings is 1. The maximum Gasteiger partial charge on any atom is 0.0327 e. The van der Waals surface area contributed by atoms with Gasteiger partial charge in [-0.1, -0.05) is 0 Å². The molecule has 0 fully saturated rings. The quantitative estimate of drug-likeness (QED) is 0.782. The molecular formula is C6H8BrNS. The highest BCUT2D eigenvalue weighted by atomic mass is 79.9. The summed E-state index contributed by atoms with van der Waals surface area (Å²) in [6.07, 6.45) is 0. The van der Waals surface area contributed by atoms with Crippen LogP contribution >= 0.6 is 27.3 Å². The molecule has 0 aromatic carbocycles. The van der Waals surface area contributed by atoms with Crippen molar-refractivity contribution in [3.8, 4) is 0 Å². The fourth-order valence-electron chi connectivity index (χ4n) is 0.624. The second kappa shape index (κ2) is 3.34. The average Bonchev–Trinajstić information content (AvgIpc) is 2.18. The van der Waals surface area contributed by atoms with Crippen LogP contribution in [0.25, 0.3) is 0 Å². The van der Waals surface area contributed by atoms with E-state index in [2.05, 4.69) is 32.0 Å². The lowest BCUT2D eigenvalue weighted by Crippen LogP contribution is -2.03. The summed E-state index contributed by atoms with van der Waals surface area (Å²) in [5.74, 6) is 0. The second-order valence-corrected chi connectivity index (χ2v) is 3.37. The Labute approximate surface area is 67.2 Å². The smallest absolute Gasteiger partial charge is 0.0327 e. The number of halogens is 1. The van der Waals surface area contributed by atoms with Crippen LogP contribution in [0, 0.1) is 0 Å². The van der Waals surface area contributed by atoms with Crippen LogP contribution in [-0.2, 0) is 6.54 Å². The van der Waals surface area contributed by atoms with Crippen LogP contribution in [0.1, 0.15) is 5.56 Å². The van der Waals surface area contributed by atoms with Crippen molar-refractivity contribution in [3.63, 3.8) is 0 Å². The summed E-state index contributed by atoms with van der Waals surface area (Å²) in [5, 5.41) is 7.32. The molecule has 3 heteroatoms. The third kappa shape index (κ3) is 1.78. The van der Waals surface area contributed by atoms with Gasteiger partial charge < -0.3 is 5.32 Å².